The summed E-state index contributed by atoms with van der Waals surface area (Å²) in [7, 11) is 1.71. The zero-order valence-electron chi connectivity index (χ0n) is 16.3. The lowest BCUT2D eigenvalue weighted by Crippen LogP contribution is -2.27. The maximum absolute atomic E-state index is 12.5. The van der Waals surface area contributed by atoms with E-state index in [2.05, 4.69) is 17.2 Å². The third kappa shape index (κ3) is 4.56. The lowest BCUT2D eigenvalue weighted by molar-refractivity contribution is -0.384. The minimum absolute atomic E-state index is 0.133. The number of hydrogen-bond acceptors (Lipinski definition) is 6. The van der Waals surface area contributed by atoms with Crippen LogP contribution in [0, 0.1) is 16.0 Å². The van der Waals surface area contributed by atoms with E-state index in [0.29, 0.717) is 24.8 Å². The summed E-state index contributed by atoms with van der Waals surface area (Å²) in [6.07, 6.45) is 8.16. The number of benzene rings is 1. The Morgan fingerprint density at radius 3 is 2.86 bits per heavy atom. The average Bonchev–Trinajstić information content (AvgIpc) is 3.11. The lowest BCUT2D eigenvalue weighted by atomic mass is 9.88. The van der Waals surface area contributed by atoms with Crippen LogP contribution in [0.5, 0.6) is 0 Å². The zero-order chi connectivity index (χ0) is 20.1. The number of anilines is 1. The molecule has 0 saturated heterocycles. The van der Waals surface area contributed by atoms with Crippen molar-refractivity contribution in [3.05, 3.63) is 52.1 Å². The number of nitrogens with zero attached hydrogens (tertiary/aromatic N) is 3. The van der Waals surface area contributed by atoms with Crippen LogP contribution in [-0.2, 0) is 11.8 Å². The van der Waals surface area contributed by atoms with Crippen LogP contribution in [0.4, 0.5) is 11.4 Å². The van der Waals surface area contributed by atoms with Gasteiger partial charge in [0.25, 0.3) is 5.69 Å². The van der Waals surface area contributed by atoms with Gasteiger partial charge in [0.1, 0.15) is 5.69 Å². The number of carbonyl (C=O) groups is 1. The molecule has 8 nitrogen and oxygen atoms in total. The van der Waals surface area contributed by atoms with Crippen molar-refractivity contribution in [1.29, 1.82) is 0 Å². The highest BCUT2D eigenvalue weighted by molar-refractivity contribution is 6.07. The number of aryl methyl sites for hydroxylation is 1. The molecule has 0 aliphatic heterocycles. The van der Waals surface area contributed by atoms with Gasteiger partial charge in [-0.05, 0) is 30.9 Å². The van der Waals surface area contributed by atoms with Crippen LogP contribution in [0.1, 0.15) is 48.8 Å². The molecule has 0 amide bonds. The van der Waals surface area contributed by atoms with E-state index in [1.165, 1.54) is 31.5 Å². The Morgan fingerprint density at radius 1 is 1.39 bits per heavy atom. The summed E-state index contributed by atoms with van der Waals surface area (Å²) in [6.45, 7) is 3.16. The number of ketones is 1. The van der Waals surface area contributed by atoms with Gasteiger partial charge in [0.2, 0.25) is 5.78 Å². The zero-order valence-corrected chi connectivity index (χ0v) is 16.3. The third-order valence-corrected chi connectivity index (χ3v) is 5.26. The number of rotatable bonds is 8. The third-order valence-electron chi connectivity index (χ3n) is 5.26. The topological polar surface area (TPSA) is 99.3 Å². The molecule has 0 spiro atoms. The SMILES string of the molecule is CC1CCCCC1OCCNc1ccc(C(=O)c2nccn2C)cc1[N+](=O)[O-]. The van der Waals surface area contributed by atoms with Gasteiger partial charge in [-0.1, -0.05) is 19.8 Å². The molecular formula is C20H26N4O4. The van der Waals surface area contributed by atoms with Crippen LogP contribution >= 0.6 is 0 Å². The first-order valence-corrected chi connectivity index (χ1v) is 9.63. The molecule has 1 heterocycles. The number of nitro benzene ring substituents is 1. The van der Waals surface area contributed by atoms with Gasteiger partial charge < -0.3 is 14.6 Å². The Balaban J connectivity index is 1.64. The molecule has 1 aromatic heterocycles. The average molecular weight is 386 g/mol. The second-order valence-electron chi connectivity index (χ2n) is 7.28. The maximum atomic E-state index is 12.5. The monoisotopic (exact) mass is 386 g/mol. The Bertz CT molecular complexity index is 848. The van der Waals surface area contributed by atoms with Gasteiger partial charge in [-0.3, -0.25) is 14.9 Å². The Hall–Kier alpha value is -2.74. The van der Waals surface area contributed by atoms with Crippen molar-refractivity contribution in [2.45, 2.75) is 38.7 Å². The van der Waals surface area contributed by atoms with E-state index in [-0.39, 0.29) is 29.0 Å². The summed E-state index contributed by atoms with van der Waals surface area (Å²) in [6, 6.07) is 4.44. The molecule has 1 fully saturated rings. The van der Waals surface area contributed by atoms with E-state index in [1.807, 2.05) is 0 Å². The van der Waals surface area contributed by atoms with Gasteiger partial charge in [0.15, 0.2) is 5.82 Å². The van der Waals surface area contributed by atoms with Gasteiger partial charge >= 0.3 is 0 Å². The molecule has 1 N–H and O–H groups in total. The second kappa shape index (κ2) is 8.97. The van der Waals surface area contributed by atoms with Gasteiger partial charge in [-0.2, -0.15) is 0 Å². The molecule has 150 valence electrons. The number of hydrogen-bond donors (Lipinski definition) is 1. The molecule has 3 rings (SSSR count). The molecule has 28 heavy (non-hydrogen) atoms. The van der Waals surface area contributed by atoms with Crippen LogP contribution < -0.4 is 5.32 Å². The van der Waals surface area contributed by atoms with E-state index < -0.39 is 4.92 Å². The number of aromatic nitrogens is 2. The van der Waals surface area contributed by atoms with Gasteiger partial charge in [-0.25, -0.2) is 4.98 Å². The summed E-state index contributed by atoms with van der Waals surface area (Å²) in [5.74, 6) is 0.446. The Morgan fingerprint density at radius 2 is 2.18 bits per heavy atom. The van der Waals surface area contributed by atoms with Crippen molar-refractivity contribution < 1.29 is 14.5 Å². The highest BCUT2D eigenvalue weighted by atomic mass is 16.6. The van der Waals surface area contributed by atoms with Crippen molar-refractivity contribution in [3.8, 4) is 0 Å². The van der Waals surface area contributed by atoms with E-state index in [0.717, 1.165) is 6.42 Å². The number of imidazole rings is 1. The first-order chi connectivity index (χ1) is 13.5. The van der Waals surface area contributed by atoms with Crippen LogP contribution in [0.2, 0.25) is 0 Å². The number of nitrogens with one attached hydrogen (secondary N) is 1. The number of nitro groups is 1. The van der Waals surface area contributed by atoms with E-state index >= 15 is 0 Å². The van der Waals surface area contributed by atoms with Gasteiger partial charge in [0, 0.05) is 37.6 Å². The summed E-state index contributed by atoms with van der Waals surface area (Å²) >= 11 is 0. The first kappa shape index (κ1) is 20.0. The molecule has 0 radical (unpaired) electrons. The predicted octanol–water partition coefficient (Wildman–Crippen LogP) is 3.57. The fraction of sp³-hybridized carbons (Fsp3) is 0.500. The van der Waals surface area contributed by atoms with E-state index in [1.54, 1.807) is 29.9 Å². The van der Waals surface area contributed by atoms with Crippen LogP contribution in [-0.4, -0.2) is 39.5 Å². The molecule has 2 atom stereocenters. The minimum Gasteiger partial charge on any atom is -0.377 e. The summed E-state index contributed by atoms with van der Waals surface area (Å²) in [5, 5.41) is 14.5. The maximum Gasteiger partial charge on any atom is 0.293 e. The quantitative estimate of drug-likeness (QED) is 0.322. The number of ether oxygens (including phenoxy) is 1. The van der Waals surface area contributed by atoms with Crippen LogP contribution in [0.3, 0.4) is 0 Å². The molecule has 1 aromatic carbocycles. The standard InChI is InChI=1S/C20H26N4O4/c1-14-5-3-4-6-18(14)28-12-10-21-16-8-7-15(13-17(16)24(26)27)19(25)20-22-9-11-23(20)2/h7-9,11,13-14,18,21H,3-6,10,12H2,1-2H3. The van der Waals surface area contributed by atoms with Crippen molar-refractivity contribution in [2.24, 2.45) is 13.0 Å². The van der Waals surface area contributed by atoms with Gasteiger partial charge in [0.05, 0.1) is 17.6 Å². The Labute approximate surface area is 164 Å². The van der Waals surface area contributed by atoms with E-state index in [9.17, 15) is 14.9 Å². The molecule has 0 bridgehead atoms. The van der Waals surface area contributed by atoms with E-state index in [4.69, 9.17) is 4.74 Å². The Kier molecular flexibility index (Phi) is 6.41. The molecule has 1 aliphatic rings. The molecular weight excluding hydrogens is 360 g/mol. The lowest BCUT2D eigenvalue weighted by Gasteiger charge is -2.28. The smallest absolute Gasteiger partial charge is 0.293 e. The van der Waals surface area contributed by atoms with Crippen molar-refractivity contribution in [2.75, 3.05) is 18.5 Å². The summed E-state index contributed by atoms with van der Waals surface area (Å²) in [5.41, 5.74) is 0.478. The van der Waals surface area contributed by atoms with Crippen molar-refractivity contribution >= 4 is 17.2 Å². The minimum atomic E-state index is -0.485. The predicted molar refractivity (Wildman–Crippen MR) is 106 cm³/mol. The summed E-state index contributed by atoms with van der Waals surface area (Å²) < 4.78 is 7.53. The molecule has 2 unspecified atom stereocenters. The molecule has 1 saturated carbocycles. The molecule has 1 aliphatic carbocycles. The highest BCUT2D eigenvalue weighted by Gasteiger charge is 2.22. The largest absolute Gasteiger partial charge is 0.377 e. The van der Waals surface area contributed by atoms with Crippen molar-refractivity contribution in [3.63, 3.8) is 0 Å². The molecule has 2 aromatic rings. The second-order valence-corrected chi connectivity index (χ2v) is 7.28. The molecule has 8 heteroatoms. The van der Waals surface area contributed by atoms with Crippen molar-refractivity contribution in [1.82, 2.24) is 9.55 Å². The highest BCUT2D eigenvalue weighted by Crippen LogP contribution is 2.28. The number of carbonyl (C=O) groups excluding carboxylic acids is 1. The van der Waals surface area contributed by atoms with Crippen LogP contribution in [0.25, 0.3) is 0 Å². The summed E-state index contributed by atoms with van der Waals surface area (Å²) in [4.78, 5) is 27.5. The normalized spacial score (nSPS) is 19.4. The van der Waals surface area contributed by atoms with Crippen LogP contribution in [0.15, 0.2) is 30.6 Å². The first-order valence-electron chi connectivity index (χ1n) is 9.63. The fourth-order valence-electron chi connectivity index (χ4n) is 3.61. The fourth-order valence-corrected chi connectivity index (χ4v) is 3.61. The van der Waals surface area contributed by atoms with Gasteiger partial charge in [-0.15, -0.1) is 0 Å².